The Balaban J connectivity index is 0.00000243. The molecule has 0 aliphatic heterocycles. The number of ether oxygens (including phenoxy) is 1. The van der Waals surface area contributed by atoms with E-state index in [1.54, 1.807) is 13.0 Å². The van der Waals surface area contributed by atoms with Crippen molar-refractivity contribution in [2.45, 2.75) is 24.0 Å². The second-order valence-corrected chi connectivity index (χ2v) is 6.70. The number of nitrogens with zero attached hydrogens (tertiary/aromatic N) is 2. The van der Waals surface area contributed by atoms with Crippen molar-refractivity contribution in [1.82, 2.24) is 15.0 Å². The molecule has 0 saturated heterocycles. The third kappa shape index (κ3) is 5.14. The molecule has 10 heteroatoms. The fourth-order valence-electron chi connectivity index (χ4n) is 2.25. The fourth-order valence-corrected chi connectivity index (χ4v) is 3.35. The van der Waals surface area contributed by atoms with Gasteiger partial charge in [0.05, 0.1) is 16.7 Å². The van der Waals surface area contributed by atoms with Crippen molar-refractivity contribution in [3.8, 4) is 5.75 Å². The van der Waals surface area contributed by atoms with Gasteiger partial charge in [-0.3, -0.25) is 9.97 Å². The number of pyridine rings is 1. The summed E-state index contributed by atoms with van der Waals surface area (Å²) in [6.07, 6.45) is -3.09. The van der Waals surface area contributed by atoms with Gasteiger partial charge in [0.25, 0.3) is 0 Å². The Kier molecular flexibility index (Phi) is 6.98. The second-order valence-electron chi connectivity index (χ2n) is 5.33. The van der Waals surface area contributed by atoms with E-state index in [1.807, 2.05) is 18.2 Å². The van der Waals surface area contributed by atoms with Gasteiger partial charge in [-0.2, -0.15) is 18.2 Å². The summed E-state index contributed by atoms with van der Waals surface area (Å²) in [5.41, 5.74) is 2.28. The van der Waals surface area contributed by atoms with Gasteiger partial charge in [0.2, 0.25) is 0 Å². The van der Waals surface area contributed by atoms with Crippen LogP contribution in [0.1, 0.15) is 11.3 Å². The van der Waals surface area contributed by atoms with Gasteiger partial charge in [-0.05, 0) is 25.1 Å². The number of rotatable bonds is 5. The molecule has 0 spiro atoms. The minimum absolute atomic E-state index is 0. The molecule has 2 heterocycles. The van der Waals surface area contributed by atoms with Crippen molar-refractivity contribution >= 4 is 51.8 Å². The SMILES string of the molecule is Cc1c(OCC(F)(F)F)ccnc1C[S+]([O-])c1nc2ccccc2[nH]1.[NaH]. The zero-order valence-corrected chi connectivity index (χ0v) is 13.9. The van der Waals surface area contributed by atoms with Gasteiger partial charge >= 0.3 is 40.9 Å². The van der Waals surface area contributed by atoms with E-state index in [0.717, 1.165) is 5.52 Å². The predicted molar refractivity (Wildman–Crippen MR) is 93.9 cm³/mol. The van der Waals surface area contributed by atoms with Crippen molar-refractivity contribution in [3.63, 3.8) is 0 Å². The van der Waals surface area contributed by atoms with Gasteiger partial charge in [-0.25, -0.2) is 0 Å². The molecule has 0 radical (unpaired) electrons. The Morgan fingerprint density at radius 3 is 2.65 bits per heavy atom. The maximum absolute atomic E-state index is 12.5. The number of nitrogens with one attached hydrogen (secondary N) is 1. The Labute approximate surface area is 172 Å². The average Bonchev–Trinajstić information content (AvgIpc) is 2.99. The molecule has 1 aromatic carbocycles. The van der Waals surface area contributed by atoms with Crippen LogP contribution < -0.4 is 4.74 Å². The summed E-state index contributed by atoms with van der Waals surface area (Å²) in [6, 6.07) is 8.62. The minimum atomic E-state index is -4.42. The predicted octanol–water partition coefficient (Wildman–Crippen LogP) is 2.87. The van der Waals surface area contributed by atoms with Crippen LogP contribution in [0.3, 0.4) is 0 Å². The Hall–Kier alpha value is -1.26. The van der Waals surface area contributed by atoms with Crippen molar-refractivity contribution in [2.75, 3.05) is 6.61 Å². The van der Waals surface area contributed by atoms with Crippen LogP contribution in [-0.2, 0) is 16.9 Å². The van der Waals surface area contributed by atoms with Crippen molar-refractivity contribution in [3.05, 3.63) is 47.8 Å². The van der Waals surface area contributed by atoms with Crippen LogP contribution in [0.15, 0.2) is 41.7 Å². The summed E-state index contributed by atoms with van der Waals surface area (Å²) in [6.45, 7) is 0.202. The first kappa shape index (κ1) is 21.0. The molecule has 3 aromatic rings. The zero-order valence-electron chi connectivity index (χ0n) is 13.1. The summed E-state index contributed by atoms with van der Waals surface area (Å²) in [5, 5.41) is 0.295. The van der Waals surface area contributed by atoms with E-state index in [0.29, 0.717) is 21.9 Å². The normalized spacial score (nSPS) is 12.7. The van der Waals surface area contributed by atoms with Gasteiger partial charge in [0.1, 0.15) is 5.75 Å². The Morgan fingerprint density at radius 1 is 1.23 bits per heavy atom. The molecule has 2 aromatic heterocycles. The number of benzene rings is 1. The van der Waals surface area contributed by atoms with E-state index in [9.17, 15) is 17.7 Å². The van der Waals surface area contributed by atoms with Gasteiger partial charge in [0, 0.05) is 22.9 Å². The van der Waals surface area contributed by atoms with Gasteiger partial charge in [-0.15, -0.1) is 0 Å². The number of imidazole rings is 1. The standard InChI is InChI=1S/C16H14F3N3O2S.Na.H/c1-10-13(20-7-6-14(10)24-9-16(17,18)19)8-25(23)15-21-11-4-2-3-5-12(11)22-15;;/h2-7H,8-9H2,1H3,(H,21,22);;. The number of alkyl halides is 3. The molecule has 0 amide bonds. The van der Waals surface area contributed by atoms with E-state index < -0.39 is 24.0 Å². The zero-order chi connectivity index (χ0) is 18.0. The van der Waals surface area contributed by atoms with E-state index in [2.05, 4.69) is 15.0 Å². The first-order chi connectivity index (χ1) is 11.8. The van der Waals surface area contributed by atoms with Crippen LogP contribution in [0.4, 0.5) is 13.2 Å². The number of aromatic nitrogens is 3. The monoisotopic (exact) mass is 393 g/mol. The van der Waals surface area contributed by atoms with Gasteiger partial charge < -0.3 is 9.29 Å². The summed E-state index contributed by atoms with van der Waals surface area (Å²) in [7, 11) is 0. The number of hydrogen-bond acceptors (Lipinski definition) is 4. The van der Waals surface area contributed by atoms with E-state index in [4.69, 9.17) is 4.74 Å². The number of fused-ring (bicyclic) bond motifs is 1. The number of hydrogen-bond donors (Lipinski definition) is 1. The molecular weight excluding hydrogens is 378 g/mol. The molecule has 134 valence electrons. The topological polar surface area (TPSA) is 73.9 Å². The maximum atomic E-state index is 12.5. The Morgan fingerprint density at radius 2 is 1.96 bits per heavy atom. The first-order valence-electron chi connectivity index (χ1n) is 7.30. The Bertz CT molecular complexity index is 856. The van der Waals surface area contributed by atoms with Crippen LogP contribution >= 0.6 is 0 Å². The van der Waals surface area contributed by atoms with Crippen LogP contribution in [-0.4, -0.2) is 61.8 Å². The summed E-state index contributed by atoms with van der Waals surface area (Å²) in [5.74, 6) is 0.0958. The first-order valence-corrected chi connectivity index (χ1v) is 8.62. The van der Waals surface area contributed by atoms with Crippen molar-refractivity contribution in [2.24, 2.45) is 0 Å². The molecule has 0 fully saturated rings. The fraction of sp³-hybridized carbons (Fsp3) is 0.250. The van der Waals surface area contributed by atoms with Crippen molar-refractivity contribution < 1.29 is 22.5 Å². The molecule has 0 aliphatic rings. The van der Waals surface area contributed by atoms with Crippen LogP contribution in [0, 0.1) is 6.92 Å². The van der Waals surface area contributed by atoms with Crippen molar-refractivity contribution in [1.29, 1.82) is 0 Å². The van der Waals surface area contributed by atoms with E-state index >= 15 is 0 Å². The van der Waals surface area contributed by atoms with Gasteiger partial charge in [0.15, 0.2) is 12.4 Å². The van der Waals surface area contributed by atoms with Crippen LogP contribution in [0.2, 0.25) is 0 Å². The third-order valence-electron chi connectivity index (χ3n) is 3.50. The summed E-state index contributed by atoms with van der Waals surface area (Å²) < 4.78 is 54.2. The molecule has 3 rings (SSSR count). The number of halogens is 3. The average molecular weight is 393 g/mol. The molecule has 5 nitrogen and oxygen atoms in total. The third-order valence-corrected chi connectivity index (χ3v) is 4.66. The molecule has 1 N–H and O–H groups in total. The summed E-state index contributed by atoms with van der Waals surface area (Å²) in [4.78, 5) is 11.3. The molecule has 0 bridgehead atoms. The van der Waals surface area contributed by atoms with E-state index in [-0.39, 0.29) is 41.1 Å². The molecule has 1 unspecified atom stereocenters. The number of aromatic amines is 1. The van der Waals surface area contributed by atoms with E-state index in [1.165, 1.54) is 12.3 Å². The molecule has 0 saturated carbocycles. The molecule has 1 atom stereocenters. The summed E-state index contributed by atoms with van der Waals surface area (Å²) >= 11 is -1.51. The molecule has 26 heavy (non-hydrogen) atoms. The quantitative estimate of drug-likeness (QED) is 0.534. The molecule has 0 aliphatic carbocycles. The number of H-pyrrole nitrogens is 1. The number of para-hydroxylation sites is 2. The van der Waals surface area contributed by atoms with Crippen LogP contribution in [0.25, 0.3) is 11.0 Å². The van der Waals surface area contributed by atoms with Gasteiger partial charge in [-0.1, -0.05) is 12.1 Å². The second kappa shape index (κ2) is 8.62. The van der Waals surface area contributed by atoms with Crippen LogP contribution in [0.5, 0.6) is 5.75 Å². The molecular formula is C16H15F3N3NaO2S.